The fraction of sp³-hybridized carbons (Fsp3) is 0.333. The van der Waals surface area contributed by atoms with Crippen LogP contribution in [0.5, 0.6) is 5.75 Å². The Hall–Kier alpha value is -2.90. The summed E-state index contributed by atoms with van der Waals surface area (Å²) in [6.45, 7) is 16.1. The second-order valence-corrected chi connectivity index (χ2v) is 10.5. The van der Waals surface area contributed by atoms with E-state index in [9.17, 15) is 0 Å². The van der Waals surface area contributed by atoms with Gasteiger partial charge in [0.05, 0.1) is 18.5 Å². The van der Waals surface area contributed by atoms with Crippen molar-refractivity contribution < 1.29 is 4.74 Å². The Bertz CT molecular complexity index is 1130. The molecular weight excluding hydrogens is 478 g/mol. The molecule has 1 aliphatic rings. The molecule has 0 aromatic heterocycles. The molecule has 186 valence electrons. The molecule has 0 radical (unpaired) electrons. The molecule has 2 aromatic carbocycles. The van der Waals surface area contributed by atoms with Crippen molar-refractivity contribution in [2.24, 2.45) is 9.98 Å². The van der Waals surface area contributed by atoms with E-state index in [1.54, 1.807) is 18.9 Å². The number of ether oxygens (including phenoxy) is 1. The van der Waals surface area contributed by atoms with E-state index < -0.39 is 0 Å². The average Bonchev–Trinajstić information content (AvgIpc) is 2.83. The summed E-state index contributed by atoms with van der Waals surface area (Å²) >= 11 is 8.27. The molecule has 0 atom stereocenters. The quantitative estimate of drug-likeness (QED) is 0.210. The van der Waals surface area contributed by atoms with Crippen molar-refractivity contribution in [2.45, 2.75) is 43.9 Å². The maximum atomic E-state index is 6.50. The molecule has 35 heavy (non-hydrogen) atoms. The van der Waals surface area contributed by atoms with Crippen molar-refractivity contribution in [3.63, 3.8) is 0 Å². The number of anilines is 2. The van der Waals surface area contributed by atoms with Gasteiger partial charge >= 0.3 is 0 Å². The van der Waals surface area contributed by atoms with Crippen LogP contribution in [0.25, 0.3) is 0 Å². The number of para-hydroxylation sites is 1. The molecule has 0 saturated heterocycles. The molecule has 8 heteroatoms. The van der Waals surface area contributed by atoms with Crippen molar-refractivity contribution in [1.82, 2.24) is 4.90 Å². The van der Waals surface area contributed by atoms with E-state index >= 15 is 0 Å². The molecule has 0 amide bonds. The summed E-state index contributed by atoms with van der Waals surface area (Å²) in [4.78, 5) is 11.9. The van der Waals surface area contributed by atoms with Gasteiger partial charge in [0.1, 0.15) is 23.3 Å². The smallest absolute Gasteiger partial charge is 0.147 e. The Labute approximate surface area is 218 Å². The number of nitrogens with zero attached hydrogens (tertiary/aromatic N) is 3. The van der Waals surface area contributed by atoms with Gasteiger partial charge in [-0.25, -0.2) is 4.99 Å². The van der Waals surface area contributed by atoms with Crippen molar-refractivity contribution in [2.75, 3.05) is 31.0 Å². The Kier molecular flexibility index (Phi) is 9.69. The first-order valence-corrected chi connectivity index (χ1v) is 12.8. The molecular formula is C27H34ClN5OS. The van der Waals surface area contributed by atoms with E-state index in [2.05, 4.69) is 65.9 Å². The Balaban J connectivity index is 1.83. The number of fused-ring (bicyclic) bond motifs is 1. The van der Waals surface area contributed by atoms with Crippen LogP contribution in [0.4, 0.5) is 11.4 Å². The maximum Gasteiger partial charge on any atom is 0.147 e. The van der Waals surface area contributed by atoms with Crippen LogP contribution >= 0.6 is 23.4 Å². The van der Waals surface area contributed by atoms with Crippen molar-refractivity contribution in [1.29, 1.82) is 0 Å². The first-order valence-electron chi connectivity index (χ1n) is 11.6. The first kappa shape index (κ1) is 26.7. The minimum Gasteiger partial charge on any atom is -0.495 e. The van der Waals surface area contributed by atoms with Gasteiger partial charge in [0, 0.05) is 35.1 Å². The molecule has 2 N–H and O–H groups in total. The molecule has 0 bridgehead atoms. The van der Waals surface area contributed by atoms with Gasteiger partial charge in [0.2, 0.25) is 0 Å². The number of allylic oxidation sites excluding steroid dienone is 1. The summed E-state index contributed by atoms with van der Waals surface area (Å²) in [7, 11) is 1.69. The van der Waals surface area contributed by atoms with E-state index in [0.29, 0.717) is 22.8 Å². The lowest BCUT2D eigenvalue weighted by atomic mass is 9.98. The van der Waals surface area contributed by atoms with Crippen molar-refractivity contribution in [3.05, 3.63) is 71.0 Å². The van der Waals surface area contributed by atoms with Gasteiger partial charge in [-0.15, -0.1) is 11.8 Å². The number of rotatable bonds is 10. The third-order valence-electron chi connectivity index (χ3n) is 5.51. The number of benzene rings is 2. The normalized spacial score (nSPS) is 13.9. The van der Waals surface area contributed by atoms with Crippen LogP contribution in [0.3, 0.4) is 0 Å². The number of hydrogen-bond donors (Lipinski definition) is 2. The van der Waals surface area contributed by atoms with Gasteiger partial charge in [-0.2, -0.15) is 0 Å². The fourth-order valence-electron chi connectivity index (χ4n) is 3.79. The second kappa shape index (κ2) is 12.7. The van der Waals surface area contributed by atoms with Gasteiger partial charge in [-0.1, -0.05) is 44.2 Å². The van der Waals surface area contributed by atoms with Crippen LogP contribution in [0, 0.1) is 0 Å². The fourth-order valence-corrected chi connectivity index (χ4v) is 4.88. The molecule has 3 rings (SSSR count). The Morgan fingerprint density at radius 2 is 2.03 bits per heavy atom. The number of halogens is 1. The van der Waals surface area contributed by atoms with Gasteiger partial charge in [0.15, 0.2) is 0 Å². The largest absolute Gasteiger partial charge is 0.495 e. The van der Waals surface area contributed by atoms with E-state index in [-0.39, 0.29) is 0 Å². The number of nitrogens with one attached hydrogen (secondary N) is 2. The predicted octanol–water partition coefficient (Wildman–Crippen LogP) is 6.75. The zero-order chi connectivity index (χ0) is 25.4. The highest BCUT2D eigenvalue weighted by Crippen LogP contribution is 2.33. The second-order valence-electron chi connectivity index (χ2n) is 8.52. The molecule has 0 saturated carbocycles. The van der Waals surface area contributed by atoms with Crippen LogP contribution < -0.4 is 15.4 Å². The van der Waals surface area contributed by atoms with Crippen LogP contribution in [0.1, 0.15) is 31.9 Å². The number of thioether (sulfide) groups is 1. The zero-order valence-electron chi connectivity index (χ0n) is 20.9. The lowest BCUT2D eigenvalue weighted by Crippen LogP contribution is -2.28. The highest BCUT2D eigenvalue weighted by molar-refractivity contribution is 8.00. The molecule has 0 fully saturated rings. The highest BCUT2D eigenvalue weighted by Gasteiger charge is 2.19. The minimum absolute atomic E-state index is 0.294. The summed E-state index contributed by atoms with van der Waals surface area (Å²) in [5.74, 6) is 1.30. The third-order valence-corrected chi connectivity index (χ3v) is 6.87. The molecule has 0 unspecified atom stereocenters. The van der Waals surface area contributed by atoms with Crippen molar-refractivity contribution in [3.8, 4) is 5.75 Å². The SMILES string of the molecule is C=N/C=C(/Cl)C(=NCNc1cc2c(cc1OC)CCN(C(=C)C)C2)Nc1ccccc1SC(C)C. The third kappa shape index (κ3) is 7.29. The number of methoxy groups -OCH3 is 1. The van der Waals surface area contributed by atoms with E-state index in [1.807, 2.05) is 25.1 Å². The standard InChI is InChI=1S/C27H34ClN5OS/c1-18(2)33-12-11-20-14-25(34-6)24(13-21(20)16-33)30-17-31-27(22(28)15-29-5)32-23-9-7-8-10-26(23)35-19(3)4/h7-10,13-15,19,30H,1,5,11-12,16-17H2,2-4,6H3,(H,31,32)/b22-15+. The molecule has 0 spiro atoms. The lowest BCUT2D eigenvalue weighted by molar-refractivity contribution is 0.323. The molecule has 0 aliphatic carbocycles. The molecule has 2 aromatic rings. The predicted molar refractivity (Wildman–Crippen MR) is 152 cm³/mol. The van der Waals surface area contributed by atoms with Gasteiger partial charge in [-0.05, 0) is 55.5 Å². The monoisotopic (exact) mass is 511 g/mol. The van der Waals surface area contributed by atoms with Crippen LogP contribution in [0.2, 0.25) is 0 Å². The summed E-state index contributed by atoms with van der Waals surface area (Å²) in [5, 5.41) is 7.58. The highest BCUT2D eigenvalue weighted by atomic mass is 35.5. The molecule has 6 nitrogen and oxygen atoms in total. The van der Waals surface area contributed by atoms with Crippen LogP contribution in [-0.2, 0) is 13.0 Å². The van der Waals surface area contributed by atoms with Gasteiger partial charge in [0.25, 0.3) is 0 Å². The number of amidine groups is 1. The van der Waals surface area contributed by atoms with E-state index in [4.69, 9.17) is 21.3 Å². The van der Waals surface area contributed by atoms with Gasteiger partial charge in [-0.3, -0.25) is 4.99 Å². The molecule has 1 heterocycles. The Morgan fingerprint density at radius 1 is 1.26 bits per heavy atom. The topological polar surface area (TPSA) is 61.3 Å². The Morgan fingerprint density at radius 3 is 2.71 bits per heavy atom. The zero-order valence-corrected chi connectivity index (χ0v) is 22.5. The number of hydrogen-bond acceptors (Lipinski definition) is 6. The van der Waals surface area contributed by atoms with E-state index in [0.717, 1.165) is 47.2 Å². The minimum atomic E-state index is 0.294. The molecule has 1 aliphatic heterocycles. The first-order chi connectivity index (χ1) is 16.8. The summed E-state index contributed by atoms with van der Waals surface area (Å²) in [6.07, 6.45) is 2.45. The summed E-state index contributed by atoms with van der Waals surface area (Å²) in [6, 6.07) is 12.4. The average molecular weight is 512 g/mol. The van der Waals surface area contributed by atoms with Crippen LogP contribution in [-0.4, -0.2) is 43.0 Å². The lowest BCUT2D eigenvalue weighted by Gasteiger charge is -2.31. The van der Waals surface area contributed by atoms with E-state index in [1.165, 1.54) is 17.3 Å². The van der Waals surface area contributed by atoms with Crippen molar-refractivity contribution >= 4 is 47.3 Å². The van der Waals surface area contributed by atoms with Gasteiger partial charge < -0.3 is 20.3 Å². The number of aliphatic imine (C=N–C) groups is 2. The van der Waals surface area contributed by atoms with Crippen LogP contribution in [0.15, 0.2) is 74.8 Å². The summed E-state index contributed by atoms with van der Waals surface area (Å²) in [5.41, 5.74) is 5.47. The maximum absolute atomic E-state index is 6.50. The summed E-state index contributed by atoms with van der Waals surface area (Å²) < 4.78 is 5.66.